The van der Waals surface area contributed by atoms with Crippen LogP contribution in [0, 0.1) is 0 Å². The standard InChI is InChI=1S/C29H20N10O2S2/c1-3-7-20-19(6-1)16-34-24(20)38-28(26-32-11-13-40-26,22-15-18-5-2-4-8-21(18)35-22)29(23-17-43-37-36-23,25-30-9-10-31-25)41-39(38)27-33-12-14-42-27/h1-17,34-35H,(H,30,31). The van der Waals surface area contributed by atoms with E-state index in [0.29, 0.717) is 22.5 Å². The van der Waals surface area contributed by atoms with Crippen LogP contribution in [0.15, 0.2) is 107 Å². The van der Waals surface area contributed by atoms with Crippen molar-refractivity contribution < 1.29 is 9.25 Å². The van der Waals surface area contributed by atoms with Gasteiger partial charge in [0.1, 0.15) is 17.8 Å². The first kappa shape index (κ1) is 24.3. The van der Waals surface area contributed by atoms with E-state index in [1.807, 2.05) is 52.3 Å². The molecule has 0 spiro atoms. The molecule has 2 atom stereocenters. The third-order valence-electron chi connectivity index (χ3n) is 7.82. The zero-order chi connectivity index (χ0) is 28.4. The van der Waals surface area contributed by atoms with Crippen LogP contribution in [0.3, 0.4) is 0 Å². The second-order valence-corrected chi connectivity index (χ2v) is 11.4. The molecule has 8 aromatic rings. The molecule has 6 aromatic heterocycles. The van der Waals surface area contributed by atoms with E-state index in [-0.39, 0.29) is 0 Å². The lowest BCUT2D eigenvalue weighted by Crippen LogP contribution is -2.58. The number of imidazole rings is 1. The molecule has 14 heteroatoms. The number of aromatic amines is 3. The lowest BCUT2D eigenvalue weighted by molar-refractivity contribution is -0.0244. The van der Waals surface area contributed by atoms with Crippen LogP contribution in [-0.4, -0.2) is 39.5 Å². The molecule has 7 heterocycles. The van der Waals surface area contributed by atoms with Crippen LogP contribution >= 0.6 is 22.9 Å². The van der Waals surface area contributed by atoms with Crippen LogP contribution in [0.1, 0.15) is 23.1 Å². The first-order chi connectivity index (χ1) is 21.3. The van der Waals surface area contributed by atoms with Gasteiger partial charge in [0.15, 0.2) is 5.82 Å². The molecule has 0 bridgehead atoms. The van der Waals surface area contributed by atoms with Crippen molar-refractivity contribution in [3.05, 3.63) is 126 Å². The van der Waals surface area contributed by atoms with Gasteiger partial charge in [-0.1, -0.05) is 47.0 Å². The summed E-state index contributed by atoms with van der Waals surface area (Å²) in [5, 5.41) is 15.6. The summed E-state index contributed by atoms with van der Waals surface area (Å²) < 4.78 is 10.6. The molecular formula is C29H20N10O2S2. The monoisotopic (exact) mass is 604 g/mol. The highest BCUT2D eigenvalue weighted by Gasteiger charge is 2.75. The van der Waals surface area contributed by atoms with Crippen LogP contribution in [0.2, 0.25) is 0 Å². The lowest BCUT2D eigenvalue weighted by atomic mass is 9.73. The summed E-state index contributed by atoms with van der Waals surface area (Å²) in [6.07, 6.45) is 10.3. The highest BCUT2D eigenvalue weighted by atomic mass is 32.1. The third kappa shape index (κ3) is 3.19. The summed E-state index contributed by atoms with van der Waals surface area (Å²) in [4.78, 5) is 32.1. The van der Waals surface area contributed by atoms with Gasteiger partial charge >= 0.3 is 0 Å². The number of fused-ring (bicyclic) bond motifs is 2. The van der Waals surface area contributed by atoms with Crippen molar-refractivity contribution in [1.82, 2.24) is 39.5 Å². The van der Waals surface area contributed by atoms with Crippen LogP contribution in [0.4, 0.5) is 10.9 Å². The second-order valence-electron chi connectivity index (χ2n) is 9.94. The maximum atomic E-state index is 7.24. The Labute approximate surface area is 250 Å². The van der Waals surface area contributed by atoms with Crippen molar-refractivity contribution in [2.75, 3.05) is 10.2 Å². The summed E-state index contributed by atoms with van der Waals surface area (Å²) in [6.45, 7) is 0. The Morgan fingerprint density at radius 3 is 2.58 bits per heavy atom. The van der Waals surface area contributed by atoms with Crippen LogP contribution in [-0.2, 0) is 16.0 Å². The largest absolute Gasteiger partial charge is 0.446 e. The van der Waals surface area contributed by atoms with Crippen LogP contribution < -0.4 is 10.2 Å². The molecule has 0 amide bonds. The molecule has 1 saturated heterocycles. The number of thiazole rings is 1. The minimum Gasteiger partial charge on any atom is -0.446 e. The Bertz CT molecular complexity index is 2090. The number of nitrogens with one attached hydrogen (secondary N) is 3. The predicted molar refractivity (Wildman–Crippen MR) is 161 cm³/mol. The molecular weight excluding hydrogens is 585 g/mol. The molecule has 12 nitrogen and oxygen atoms in total. The molecule has 2 aromatic carbocycles. The molecule has 0 saturated carbocycles. The van der Waals surface area contributed by atoms with E-state index in [9.17, 15) is 0 Å². The fraction of sp³-hybridized carbons (Fsp3) is 0.0690. The van der Waals surface area contributed by atoms with E-state index in [2.05, 4.69) is 53.8 Å². The smallest absolute Gasteiger partial charge is 0.239 e. The minimum atomic E-state index is -1.52. The highest BCUT2D eigenvalue weighted by Crippen LogP contribution is 2.61. The average Bonchev–Trinajstić information content (AvgIpc) is 3.88. The fourth-order valence-electron chi connectivity index (χ4n) is 6.13. The van der Waals surface area contributed by atoms with Crippen LogP contribution in [0.5, 0.6) is 0 Å². The van der Waals surface area contributed by atoms with Gasteiger partial charge in [0.25, 0.3) is 0 Å². The topological polar surface area (TPSA) is 141 Å². The number of H-pyrrole nitrogens is 3. The molecule has 1 aliphatic rings. The fourth-order valence-corrected chi connectivity index (χ4v) is 7.20. The highest BCUT2D eigenvalue weighted by molar-refractivity contribution is 7.13. The summed E-state index contributed by atoms with van der Waals surface area (Å²) in [6, 6.07) is 18.3. The summed E-state index contributed by atoms with van der Waals surface area (Å²) >= 11 is 2.65. The van der Waals surface area contributed by atoms with E-state index in [4.69, 9.17) is 19.2 Å². The van der Waals surface area contributed by atoms with Crippen molar-refractivity contribution in [1.29, 1.82) is 0 Å². The zero-order valence-corrected chi connectivity index (χ0v) is 23.7. The second kappa shape index (κ2) is 9.09. The van der Waals surface area contributed by atoms with Gasteiger partial charge in [-0.25, -0.2) is 24.8 Å². The minimum absolute atomic E-state index is 0.334. The first-order valence-corrected chi connectivity index (χ1v) is 15.0. The van der Waals surface area contributed by atoms with Gasteiger partial charge in [0.2, 0.25) is 22.2 Å². The molecule has 43 heavy (non-hydrogen) atoms. The normalized spacial score (nSPS) is 20.6. The van der Waals surface area contributed by atoms with E-state index < -0.39 is 11.1 Å². The van der Waals surface area contributed by atoms with Crippen molar-refractivity contribution in [3.8, 4) is 0 Å². The number of anilines is 2. The molecule has 0 aliphatic carbocycles. The number of rotatable bonds is 6. The number of hydrogen-bond donors (Lipinski definition) is 3. The Morgan fingerprint density at radius 2 is 1.81 bits per heavy atom. The number of para-hydroxylation sites is 1. The van der Waals surface area contributed by atoms with Gasteiger partial charge in [0, 0.05) is 51.8 Å². The summed E-state index contributed by atoms with van der Waals surface area (Å²) in [7, 11) is 0. The Balaban J connectivity index is 1.50. The maximum Gasteiger partial charge on any atom is 0.239 e. The van der Waals surface area contributed by atoms with Crippen molar-refractivity contribution >= 4 is 55.5 Å². The van der Waals surface area contributed by atoms with Crippen molar-refractivity contribution in [3.63, 3.8) is 0 Å². The SMILES string of the molecule is c1ccc2[nH]c(C3(c4ncco4)N(c4[nH]cc5ccccc45)N(c4nccs4)OC3(c3csnn3)c3ncc[nH]3)cc2c1. The molecule has 1 fully saturated rings. The van der Waals surface area contributed by atoms with Gasteiger partial charge in [0.05, 0.1) is 11.9 Å². The maximum absolute atomic E-state index is 7.24. The molecule has 2 unspecified atom stereocenters. The number of aromatic nitrogens is 8. The Morgan fingerprint density at radius 1 is 0.907 bits per heavy atom. The third-order valence-corrected chi connectivity index (χ3v) is 9.06. The van der Waals surface area contributed by atoms with E-state index in [1.165, 1.54) is 22.9 Å². The van der Waals surface area contributed by atoms with Crippen molar-refractivity contribution in [2.24, 2.45) is 0 Å². The van der Waals surface area contributed by atoms with Gasteiger partial charge in [-0.05, 0) is 29.1 Å². The number of nitrogens with zero attached hydrogens (tertiary/aromatic N) is 7. The first-order valence-electron chi connectivity index (χ1n) is 13.3. The molecule has 9 rings (SSSR count). The number of oxazole rings is 1. The number of hydrazine groups is 1. The number of benzene rings is 2. The zero-order valence-electron chi connectivity index (χ0n) is 22.1. The number of hydrogen-bond acceptors (Lipinski definition) is 11. The van der Waals surface area contributed by atoms with Gasteiger partial charge in [-0.3, -0.25) is 0 Å². The van der Waals surface area contributed by atoms with E-state index >= 15 is 0 Å². The van der Waals surface area contributed by atoms with Crippen LogP contribution in [0.25, 0.3) is 21.7 Å². The average molecular weight is 605 g/mol. The molecule has 1 aliphatic heterocycles. The summed E-state index contributed by atoms with van der Waals surface area (Å²) in [5.74, 6) is 1.53. The lowest BCUT2D eigenvalue weighted by Gasteiger charge is -2.41. The molecule has 3 N–H and O–H groups in total. The Hall–Kier alpha value is -5.31. The van der Waals surface area contributed by atoms with Gasteiger partial charge < -0.3 is 19.4 Å². The van der Waals surface area contributed by atoms with E-state index in [0.717, 1.165) is 33.2 Å². The van der Waals surface area contributed by atoms with Gasteiger partial charge in [-0.15, -0.1) is 21.6 Å². The summed E-state index contributed by atoms with van der Waals surface area (Å²) in [5.41, 5.74) is -0.796. The molecule has 0 radical (unpaired) electrons. The van der Waals surface area contributed by atoms with Crippen molar-refractivity contribution in [2.45, 2.75) is 11.1 Å². The van der Waals surface area contributed by atoms with Gasteiger partial charge in [-0.2, -0.15) is 0 Å². The predicted octanol–water partition coefficient (Wildman–Crippen LogP) is 5.73. The quantitative estimate of drug-likeness (QED) is 0.217. The Kier molecular flexibility index (Phi) is 5.14. The van der Waals surface area contributed by atoms with E-state index in [1.54, 1.807) is 36.2 Å². The molecule has 210 valence electrons.